The molecule has 2 saturated heterocycles. The van der Waals surface area contributed by atoms with Crippen molar-refractivity contribution in [2.45, 2.75) is 32.4 Å². The maximum atomic E-state index is 12.9. The fourth-order valence-corrected chi connectivity index (χ4v) is 4.86. The van der Waals surface area contributed by atoms with Crippen LogP contribution >= 0.6 is 11.6 Å². The molecule has 2 heterocycles. The van der Waals surface area contributed by atoms with Crippen LogP contribution in [0.2, 0.25) is 5.02 Å². The van der Waals surface area contributed by atoms with Gasteiger partial charge < -0.3 is 19.7 Å². The Kier molecular flexibility index (Phi) is 8.36. The third-order valence-corrected chi connectivity index (χ3v) is 7.21. The number of carbonyl (C=O) groups is 3. The molecule has 40 heavy (non-hydrogen) atoms. The molecule has 0 radical (unpaired) electrons. The molecule has 3 aromatic rings. The summed E-state index contributed by atoms with van der Waals surface area (Å²) in [4.78, 5) is 41.1. The Morgan fingerprint density at radius 3 is 2.33 bits per heavy atom. The molecule has 0 aromatic heterocycles. The van der Waals surface area contributed by atoms with E-state index in [0.717, 1.165) is 42.0 Å². The van der Waals surface area contributed by atoms with Crippen LogP contribution in [0.25, 0.3) is 6.08 Å². The number of nitrogens with zero attached hydrogens (tertiary/aromatic N) is 2. The van der Waals surface area contributed by atoms with Gasteiger partial charge in [-0.05, 0) is 78.4 Å². The zero-order chi connectivity index (χ0) is 28.1. The van der Waals surface area contributed by atoms with Crippen molar-refractivity contribution in [2.75, 3.05) is 20.2 Å². The average molecular weight is 560 g/mol. The Balaban J connectivity index is 1.22. The van der Waals surface area contributed by atoms with E-state index in [1.165, 1.54) is 13.5 Å². The van der Waals surface area contributed by atoms with Crippen molar-refractivity contribution in [3.8, 4) is 11.5 Å². The lowest BCUT2D eigenvalue weighted by Crippen LogP contribution is -2.35. The monoisotopic (exact) mass is 559 g/mol. The second-order valence-electron chi connectivity index (χ2n) is 9.75. The molecule has 3 aromatic carbocycles. The van der Waals surface area contributed by atoms with Gasteiger partial charge in [-0.25, -0.2) is 4.79 Å². The lowest BCUT2D eigenvalue weighted by molar-refractivity contribution is -0.123. The molecule has 8 nitrogen and oxygen atoms in total. The highest BCUT2D eigenvalue weighted by molar-refractivity contribution is 6.30. The number of hydrogen-bond donors (Lipinski definition) is 1. The summed E-state index contributed by atoms with van der Waals surface area (Å²) in [6, 6.07) is 19.2. The number of imide groups is 1. The van der Waals surface area contributed by atoms with Crippen LogP contribution in [0.3, 0.4) is 0 Å². The predicted molar refractivity (Wildman–Crippen MR) is 152 cm³/mol. The second-order valence-corrected chi connectivity index (χ2v) is 10.2. The molecule has 9 heteroatoms. The van der Waals surface area contributed by atoms with E-state index in [0.29, 0.717) is 34.3 Å². The molecule has 4 amide bonds. The number of rotatable bonds is 8. The van der Waals surface area contributed by atoms with Crippen LogP contribution in [-0.2, 0) is 17.9 Å². The minimum absolute atomic E-state index is 0.0728. The number of benzene rings is 3. The number of ether oxygens (including phenoxy) is 2. The van der Waals surface area contributed by atoms with E-state index in [1.54, 1.807) is 48.5 Å². The summed E-state index contributed by atoms with van der Waals surface area (Å²) >= 11 is 5.93. The van der Waals surface area contributed by atoms with Crippen LogP contribution in [0.15, 0.2) is 72.4 Å². The number of nitrogens with one attached hydrogen (secondary N) is 1. The van der Waals surface area contributed by atoms with Gasteiger partial charge in [0.2, 0.25) is 0 Å². The maximum absolute atomic E-state index is 12.9. The molecule has 0 aliphatic carbocycles. The molecule has 2 aliphatic heterocycles. The van der Waals surface area contributed by atoms with Crippen molar-refractivity contribution < 1.29 is 23.9 Å². The van der Waals surface area contributed by atoms with Crippen LogP contribution in [-0.4, -0.2) is 47.8 Å². The number of amides is 4. The van der Waals surface area contributed by atoms with Gasteiger partial charge in [-0.2, -0.15) is 0 Å². The smallest absolute Gasteiger partial charge is 0.329 e. The highest BCUT2D eigenvalue weighted by atomic mass is 35.5. The number of halogens is 1. The summed E-state index contributed by atoms with van der Waals surface area (Å²) in [6.45, 7) is 2.07. The van der Waals surface area contributed by atoms with Crippen LogP contribution in [0.1, 0.15) is 46.3 Å². The Morgan fingerprint density at radius 1 is 0.925 bits per heavy atom. The molecule has 0 unspecified atom stereocenters. The number of methoxy groups -OCH3 is 1. The number of carbonyl (C=O) groups excluding carboxylic acids is 3. The topological polar surface area (TPSA) is 88.2 Å². The average Bonchev–Trinajstić information content (AvgIpc) is 3.25. The fourth-order valence-electron chi connectivity index (χ4n) is 4.73. The quantitative estimate of drug-likeness (QED) is 0.285. The standard InChI is InChI=1S/C31H30ClN3O5/c1-39-28-18-23(17-26-30(37)35(31(38)33-26)19-21-7-12-25(32)13-8-21)9-14-27(28)40-20-22-5-10-24(11-6-22)29(36)34-15-3-2-4-16-34/h5-14,17-18H,2-4,15-16,19-20H2,1H3,(H,33,38)/b26-17-. The third kappa shape index (κ3) is 6.29. The Bertz CT molecular complexity index is 1430. The van der Waals surface area contributed by atoms with Gasteiger partial charge in [0.1, 0.15) is 12.3 Å². The normalized spacial score (nSPS) is 16.3. The van der Waals surface area contributed by atoms with E-state index in [-0.39, 0.29) is 18.1 Å². The molecular formula is C31H30ClN3O5. The predicted octanol–water partition coefficient (Wildman–Crippen LogP) is 5.65. The van der Waals surface area contributed by atoms with Gasteiger partial charge in [-0.15, -0.1) is 0 Å². The van der Waals surface area contributed by atoms with E-state index < -0.39 is 11.9 Å². The zero-order valence-electron chi connectivity index (χ0n) is 22.2. The van der Waals surface area contributed by atoms with Gasteiger partial charge in [0.05, 0.1) is 13.7 Å². The van der Waals surface area contributed by atoms with Gasteiger partial charge in [0, 0.05) is 23.7 Å². The summed E-state index contributed by atoms with van der Waals surface area (Å²) in [5.41, 5.74) is 3.24. The van der Waals surface area contributed by atoms with Crippen LogP contribution in [0.4, 0.5) is 4.79 Å². The van der Waals surface area contributed by atoms with Crippen LogP contribution < -0.4 is 14.8 Å². The molecule has 2 aliphatic rings. The van der Waals surface area contributed by atoms with Gasteiger partial charge >= 0.3 is 6.03 Å². The summed E-state index contributed by atoms with van der Waals surface area (Å²) in [6.07, 6.45) is 4.90. The molecule has 0 bridgehead atoms. The zero-order valence-corrected chi connectivity index (χ0v) is 22.9. The first kappa shape index (κ1) is 27.3. The Hall–Kier alpha value is -4.30. The minimum Gasteiger partial charge on any atom is -0.493 e. The van der Waals surface area contributed by atoms with Crippen molar-refractivity contribution in [1.82, 2.24) is 15.1 Å². The first-order chi connectivity index (χ1) is 19.4. The second kappa shape index (κ2) is 12.3. The summed E-state index contributed by atoms with van der Waals surface area (Å²) < 4.78 is 11.5. The number of urea groups is 1. The van der Waals surface area contributed by atoms with Gasteiger partial charge in [-0.3, -0.25) is 14.5 Å². The summed E-state index contributed by atoms with van der Waals surface area (Å²) in [5.74, 6) is 0.676. The molecule has 1 N–H and O–H groups in total. The lowest BCUT2D eigenvalue weighted by Gasteiger charge is -2.26. The Labute approximate surface area is 238 Å². The van der Waals surface area contributed by atoms with Gasteiger partial charge in [0.15, 0.2) is 11.5 Å². The van der Waals surface area contributed by atoms with Gasteiger partial charge in [0.25, 0.3) is 11.8 Å². The highest BCUT2D eigenvalue weighted by Gasteiger charge is 2.33. The highest BCUT2D eigenvalue weighted by Crippen LogP contribution is 2.30. The van der Waals surface area contributed by atoms with Gasteiger partial charge in [-0.1, -0.05) is 41.9 Å². The fraction of sp³-hybridized carbons (Fsp3) is 0.258. The SMILES string of the molecule is COc1cc(/C=C2\NC(=O)N(Cc3ccc(Cl)cc3)C2=O)ccc1OCc1ccc(C(=O)N2CCCCC2)cc1. The maximum Gasteiger partial charge on any atom is 0.329 e. The van der Waals surface area contributed by atoms with E-state index in [1.807, 2.05) is 29.2 Å². The lowest BCUT2D eigenvalue weighted by atomic mass is 10.1. The number of hydrogen-bond acceptors (Lipinski definition) is 5. The molecule has 206 valence electrons. The molecule has 0 saturated carbocycles. The first-order valence-electron chi connectivity index (χ1n) is 13.2. The van der Waals surface area contributed by atoms with Crippen molar-refractivity contribution in [2.24, 2.45) is 0 Å². The molecular weight excluding hydrogens is 530 g/mol. The largest absolute Gasteiger partial charge is 0.493 e. The summed E-state index contributed by atoms with van der Waals surface area (Å²) in [7, 11) is 1.54. The van der Waals surface area contributed by atoms with Crippen molar-refractivity contribution in [3.63, 3.8) is 0 Å². The van der Waals surface area contributed by atoms with Crippen LogP contribution in [0.5, 0.6) is 11.5 Å². The molecule has 0 atom stereocenters. The van der Waals surface area contributed by atoms with Crippen molar-refractivity contribution in [3.05, 3.63) is 99.7 Å². The Morgan fingerprint density at radius 2 is 1.62 bits per heavy atom. The van der Waals surface area contributed by atoms with Crippen molar-refractivity contribution >= 4 is 35.5 Å². The van der Waals surface area contributed by atoms with E-state index in [2.05, 4.69) is 5.32 Å². The number of likely N-dealkylation sites (tertiary alicyclic amines) is 1. The third-order valence-electron chi connectivity index (χ3n) is 6.95. The molecule has 5 rings (SSSR count). The summed E-state index contributed by atoms with van der Waals surface area (Å²) in [5, 5.41) is 3.22. The van der Waals surface area contributed by atoms with Crippen molar-refractivity contribution in [1.29, 1.82) is 0 Å². The molecule has 2 fully saturated rings. The minimum atomic E-state index is -0.484. The van der Waals surface area contributed by atoms with E-state index in [4.69, 9.17) is 21.1 Å². The molecule has 0 spiro atoms. The van der Waals surface area contributed by atoms with E-state index in [9.17, 15) is 14.4 Å². The van der Waals surface area contributed by atoms with Crippen LogP contribution in [0, 0.1) is 0 Å². The number of piperidine rings is 1. The van der Waals surface area contributed by atoms with E-state index >= 15 is 0 Å². The first-order valence-corrected chi connectivity index (χ1v) is 13.6.